The molecule has 2 aliphatic heterocycles. The van der Waals surface area contributed by atoms with Gasteiger partial charge in [0.2, 0.25) is 0 Å². The molecule has 0 bridgehead atoms. The third-order valence-corrected chi connectivity index (χ3v) is 5.37. The number of aryl methyl sites for hydroxylation is 1. The number of hydrogen-bond acceptors (Lipinski definition) is 4. The van der Waals surface area contributed by atoms with Crippen LogP contribution in [-0.2, 0) is 4.79 Å². The zero-order valence-electron chi connectivity index (χ0n) is 15.2. The van der Waals surface area contributed by atoms with E-state index < -0.39 is 0 Å². The van der Waals surface area contributed by atoms with Gasteiger partial charge in [0.15, 0.2) is 5.17 Å². The van der Waals surface area contributed by atoms with Crippen LogP contribution in [0.5, 0.6) is 5.75 Å². The molecule has 0 atom stereocenters. The summed E-state index contributed by atoms with van der Waals surface area (Å²) in [7, 11) is 1.64. The first kappa shape index (κ1) is 17.4. The summed E-state index contributed by atoms with van der Waals surface area (Å²) in [4.78, 5) is 18.1. The summed E-state index contributed by atoms with van der Waals surface area (Å²) in [5.41, 5.74) is 4.23. The van der Waals surface area contributed by atoms with Crippen molar-refractivity contribution in [2.45, 2.75) is 13.8 Å². The third kappa shape index (κ3) is 2.90. The molecule has 0 saturated heterocycles. The second-order valence-electron chi connectivity index (χ2n) is 6.24. The summed E-state index contributed by atoms with van der Waals surface area (Å²) < 4.78 is 7.34. The molecule has 0 unspecified atom stereocenters. The number of hydrogen-bond donors (Lipinski definition) is 1. The Morgan fingerprint density at radius 1 is 1.22 bits per heavy atom. The lowest BCUT2D eigenvalue weighted by Gasteiger charge is -2.22. The maximum absolute atomic E-state index is 12.4. The van der Waals surface area contributed by atoms with Crippen LogP contribution in [0.4, 0.5) is 0 Å². The molecule has 1 aromatic carbocycles. The highest BCUT2D eigenvalue weighted by atomic mass is 32.2. The van der Waals surface area contributed by atoms with Crippen molar-refractivity contribution in [3.8, 4) is 11.4 Å². The summed E-state index contributed by atoms with van der Waals surface area (Å²) in [6.45, 7) is 4.02. The van der Waals surface area contributed by atoms with Gasteiger partial charge < -0.3 is 9.30 Å². The molecule has 0 saturated carbocycles. The van der Waals surface area contributed by atoms with E-state index in [1.165, 1.54) is 11.8 Å². The van der Waals surface area contributed by atoms with Gasteiger partial charge in [0.1, 0.15) is 11.6 Å². The molecule has 1 N–H and O–H groups in total. The van der Waals surface area contributed by atoms with E-state index in [2.05, 4.69) is 9.56 Å². The molecule has 2 aromatic rings. The van der Waals surface area contributed by atoms with E-state index in [1.54, 1.807) is 24.3 Å². The highest BCUT2D eigenvalue weighted by Crippen LogP contribution is 2.29. The summed E-state index contributed by atoms with van der Waals surface area (Å²) in [5, 5.41) is 10.7. The van der Waals surface area contributed by atoms with Crippen LogP contribution >= 0.6 is 11.8 Å². The van der Waals surface area contributed by atoms with Crippen molar-refractivity contribution >= 4 is 34.7 Å². The van der Waals surface area contributed by atoms with Gasteiger partial charge in [-0.3, -0.25) is 15.1 Å². The molecule has 4 rings (SSSR count). The molecule has 2 aliphatic rings. The molecule has 6 nitrogen and oxygen atoms in total. The predicted molar refractivity (Wildman–Crippen MR) is 109 cm³/mol. The smallest absolute Gasteiger partial charge is 0.283 e. The maximum atomic E-state index is 12.4. The molecule has 27 heavy (non-hydrogen) atoms. The van der Waals surface area contributed by atoms with Crippen molar-refractivity contribution in [3.05, 3.63) is 64.5 Å². The number of aromatic nitrogens is 1. The Hall–Kier alpha value is -3.06. The van der Waals surface area contributed by atoms with Gasteiger partial charge in [0, 0.05) is 23.3 Å². The first-order valence-corrected chi connectivity index (χ1v) is 9.27. The molecule has 7 heteroatoms. The Kier molecular flexibility index (Phi) is 4.24. The Morgan fingerprint density at radius 3 is 2.67 bits per heavy atom. The van der Waals surface area contributed by atoms with Gasteiger partial charge >= 0.3 is 0 Å². The van der Waals surface area contributed by atoms with Gasteiger partial charge in [-0.05, 0) is 61.2 Å². The minimum Gasteiger partial charge on any atom is -0.497 e. The van der Waals surface area contributed by atoms with Gasteiger partial charge in [-0.1, -0.05) is 11.8 Å². The number of carbonyl (C=O) groups is 1. The summed E-state index contributed by atoms with van der Waals surface area (Å²) >= 11 is 1.34. The number of fused-ring (bicyclic) bond motifs is 1. The number of carbonyl (C=O) groups excluding carboxylic acids is 1. The lowest BCUT2D eigenvalue weighted by Crippen LogP contribution is -2.35. The monoisotopic (exact) mass is 378 g/mol. The van der Waals surface area contributed by atoms with Crippen LogP contribution in [0.3, 0.4) is 0 Å². The summed E-state index contributed by atoms with van der Waals surface area (Å²) in [6, 6.07) is 9.83. The lowest BCUT2D eigenvalue weighted by molar-refractivity contribution is -0.114. The quantitative estimate of drug-likeness (QED) is 0.823. The molecule has 1 amide bonds. The Labute approximate surface area is 161 Å². The largest absolute Gasteiger partial charge is 0.497 e. The van der Waals surface area contributed by atoms with Crippen LogP contribution in [0.15, 0.2) is 52.5 Å². The van der Waals surface area contributed by atoms with Crippen molar-refractivity contribution < 1.29 is 9.53 Å². The van der Waals surface area contributed by atoms with E-state index in [0.717, 1.165) is 28.4 Å². The normalized spacial score (nSPS) is 17.5. The molecular weight excluding hydrogens is 360 g/mol. The highest BCUT2D eigenvalue weighted by molar-refractivity contribution is 8.16. The number of thioether (sulfide) groups is 1. The van der Waals surface area contributed by atoms with Crippen molar-refractivity contribution in [2.75, 3.05) is 7.11 Å². The number of nitrogens with one attached hydrogen (secondary N) is 1. The summed E-state index contributed by atoms with van der Waals surface area (Å²) in [5.74, 6) is 0.576. The van der Waals surface area contributed by atoms with Crippen LogP contribution < -0.4 is 4.74 Å². The highest BCUT2D eigenvalue weighted by Gasteiger charge is 2.31. The van der Waals surface area contributed by atoms with Crippen molar-refractivity contribution in [1.82, 2.24) is 9.47 Å². The van der Waals surface area contributed by atoms with Crippen molar-refractivity contribution in [3.63, 3.8) is 0 Å². The van der Waals surface area contributed by atoms with E-state index in [9.17, 15) is 4.79 Å². The van der Waals surface area contributed by atoms with Crippen molar-refractivity contribution in [1.29, 1.82) is 5.41 Å². The first-order chi connectivity index (χ1) is 13.0. The zero-order chi connectivity index (χ0) is 19.1. The first-order valence-electron chi connectivity index (χ1n) is 8.39. The van der Waals surface area contributed by atoms with E-state index in [0.29, 0.717) is 10.7 Å². The number of amides is 1. The van der Waals surface area contributed by atoms with E-state index >= 15 is 0 Å². The lowest BCUT2D eigenvalue weighted by atomic mass is 10.1. The number of rotatable bonds is 3. The van der Waals surface area contributed by atoms with Gasteiger partial charge in [-0.2, -0.15) is 4.99 Å². The fraction of sp³-hybridized carbons (Fsp3) is 0.150. The van der Waals surface area contributed by atoms with E-state index in [1.807, 2.05) is 49.6 Å². The molecule has 0 fully saturated rings. The molecule has 0 aliphatic carbocycles. The minimum absolute atomic E-state index is 0.153. The standard InChI is InChI=1S/C20H18N4O2S/c1-12-10-14(13(2)24(12)15-4-6-16(26-3)7-5-15)11-17-18(21)23-8-9-27-20(23)22-19(17)25/h4-11,21H,1-3H3. The van der Waals surface area contributed by atoms with Crippen LogP contribution in [0.2, 0.25) is 0 Å². The molecule has 136 valence electrons. The Bertz CT molecular complexity index is 1040. The number of methoxy groups -OCH3 is 1. The van der Waals surface area contributed by atoms with Gasteiger partial charge in [0.25, 0.3) is 5.91 Å². The second-order valence-corrected chi connectivity index (χ2v) is 7.11. The van der Waals surface area contributed by atoms with E-state index in [4.69, 9.17) is 10.1 Å². The van der Waals surface area contributed by atoms with Gasteiger partial charge in [-0.15, -0.1) is 0 Å². The molecule has 3 heterocycles. The van der Waals surface area contributed by atoms with Crippen LogP contribution in [0.25, 0.3) is 11.8 Å². The predicted octanol–water partition coefficient (Wildman–Crippen LogP) is 3.88. The fourth-order valence-electron chi connectivity index (χ4n) is 3.25. The average Bonchev–Trinajstić information content (AvgIpc) is 3.23. The van der Waals surface area contributed by atoms with E-state index in [-0.39, 0.29) is 11.7 Å². The van der Waals surface area contributed by atoms with Crippen molar-refractivity contribution in [2.24, 2.45) is 4.99 Å². The Balaban J connectivity index is 1.75. The van der Waals surface area contributed by atoms with Crippen LogP contribution in [0.1, 0.15) is 17.0 Å². The van der Waals surface area contributed by atoms with Gasteiger partial charge in [0.05, 0.1) is 12.7 Å². The third-order valence-electron chi connectivity index (χ3n) is 4.61. The minimum atomic E-state index is -0.378. The van der Waals surface area contributed by atoms with Crippen LogP contribution in [0, 0.1) is 19.3 Å². The number of nitrogens with zero attached hydrogens (tertiary/aromatic N) is 3. The molecule has 1 aromatic heterocycles. The average molecular weight is 378 g/mol. The number of aliphatic imine (C=N–C) groups is 1. The molecule has 0 radical (unpaired) electrons. The zero-order valence-corrected chi connectivity index (χ0v) is 16.0. The van der Waals surface area contributed by atoms with Crippen LogP contribution in [-0.4, -0.2) is 33.5 Å². The SMILES string of the molecule is COc1ccc(-n2c(C)cc(C=C3C(=N)N4C=CSC4=NC3=O)c2C)cc1. The Morgan fingerprint density at radius 2 is 1.96 bits per heavy atom. The topological polar surface area (TPSA) is 70.7 Å². The maximum Gasteiger partial charge on any atom is 0.283 e. The number of ether oxygens (including phenoxy) is 1. The number of benzene rings is 1. The second kappa shape index (κ2) is 6.59. The summed E-state index contributed by atoms with van der Waals surface area (Å²) in [6.07, 6.45) is 3.51. The fourth-order valence-corrected chi connectivity index (χ4v) is 3.95. The van der Waals surface area contributed by atoms with Gasteiger partial charge in [-0.25, -0.2) is 0 Å². The number of amidine groups is 2. The molecule has 0 spiro atoms. The molecular formula is C20H18N4O2S.